The van der Waals surface area contributed by atoms with Crippen LogP contribution in [0.3, 0.4) is 0 Å². The summed E-state index contributed by atoms with van der Waals surface area (Å²) in [6, 6.07) is 8.81. The Morgan fingerprint density at radius 3 is 2.12 bits per heavy atom. The molecule has 5 aromatic rings. The number of azide groups is 1. The van der Waals surface area contributed by atoms with E-state index in [-0.39, 0.29) is 34.9 Å². The Kier molecular flexibility index (Phi) is 14.8. The van der Waals surface area contributed by atoms with E-state index in [9.17, 15) is 9.13 Å². The van der Waals surface area contributed by atoms with Crippen LogP contribution in [0.1, 0.15) is 23.6 Å². The number of imidazole rings is 2. The molecule has 0 radical (unpaired) electrons. The van der Waals surface area contributed by atoms with Gasteiger partial charge < -0.3 is 44.2 Å². The molecular weight excluding hydrogens is 907 g/mol. The summed E-state index contributed by atoms with van der Waals surface area (Å²) >= 11 is 0.767. The van der Waals surface area contributed by atoms with Crippen molar-refractivity contribution in [1.29, 1.82) is 0 Å². The average Bonchev–Trinajstić information content (AvgIpc) is 4.05. The molecule has 1 aromatic carbocycles. The van der Waals surface area contributed by atoms with Gasteiger partial charge in [0.05, 0.1) is 71.2 Å². The average molecular weight is 951 g/mol. The van der Waals surface area contributed by atoms with Crippen LogP contribution in [0, 0.1) is 0 Å². The van der Waals surface area contributed by atoms with Crippen LogP contribution in [0.5, 0.6) is 0 Å². The number of nitrogens with two attached hydrogens (primary N) is 2. The molecule has 0 spiro atoms. The van der Waals surface area contributed by atoms with Crippen molar-refractivity contribution in [2.24, 2.45) is 5.11 Å². The molecule has 0 saturated carbocycles. The second kappa shape index (κ2) is 20.5. The van der Waals surface area contributed by atoms with E-state index in [1.807, 2.05) is 12.1 Å². The van der Waals surface area contributed by atoms with Crippen LogP contribution in [0.4, 0.5) is 20.3 Å². The van der Waals surface area contributed by atoms with Crippen LogP contribution < -0.4 is 11.5 Å². The number of fused-ring (bicyclic) bond motifs is 4. The molecule has 29 heteroatoms. The van der Waals surface area contributed by atoms with Crippen molar-refractivity contribution in [3.8, 4) is 0 Å². The van der Waals surface area contributed by atoms with Crippen molar-refractivity contribution in [1.82, 2.24) is 34.1 Å². The van der Waals surface area contributed by atoms with Gasteiger partial charge in [0.2, 0.25) is 0 Å². The first-order chi connectivity index (χ1) is 30.9. The highest BCUT2D eigenvalue weighted by Gasteiger charge is 2.54. The van der Waals surface area contributed by atoms with Crippen molar-refractivity contribution in [3.63, 3.8) is 0 Å². The number of halogens is 2. The van der Waals surface area contributed by atoms with E-state index in [0.717, 1.165) is 24.5 Å². The molecule has 8 rings (SSSR count). The zero-order valence-electron chi connectivity index (χ0n) is 34.1. The highest BCUT2D eigenvalue weighted by Crippen LogP contribution is 2.65. The summed E-state index contributed by atoms with van der Waals surface area (Å²) in [6.07, 6.45) is -7.65. The van der Waals surface area contributed by atoms with Gasteiger partial charge in [-0.05, 0) is 34.1 Å². The van der Waals surface area contributed by atoms with Crippen LogP contribution in [0.25, 0.3) is 32.8 Å². The number of aromatic nitrogens is 7. The first-order valence-corrected chi connectivity index (χ1v) is 24.9. The van der Waals surface area contributed by atoms with Gasteiger partial charge in [-0.2, -0.15) is 0 Å². The number of nitrogens with zero attached hydrogens (tertiary/aromatic N) is 10. The molecule has 3 aliphatic heterocycles. The van der Waals surface area contributed by atoms with E-state index in [1.165, 1.54) is 34.3 Å². The number of anilines is 2. The Morgan fingerprint density at radius 1 is 0.812 bits per heavy atom. The summed E-state index contributed by atoms with van der Waals surface area (Å²) in [5, 5.41) is 3.39. The van der Waals surface area contributed by atoms with Crippen LogP contribution in [-0.2, 0) is 63.3 Å². The molecule has 3 aliphatic rings. The minimum atomic E-state index is -4.45. The molecule has 0 amide bonds. The van der Waals surface area contributed by atoms with Gasteiger partial charge in [0.25, 0.3) is 15.0 Å². The summed E-state index contributed by atoms with van der Waals surface area (Å²) in [5.74, 6) is 0.116. The third-order valence-electron chi connectivity index (χ3n) is 10.2. The minimum Gasteiger partial charge on any atom is -0.397 e. The Hall–Kier alpha value is -4.33. The van der Waals surface area contributed by atoms with Gasteiger partial charge in [0.1, 0.15) is 41.8 Å². The van der Waals surface area contributed by atoms with Gasteiger partial charge >= 0.3 is 6.80 Å². The summed E-state index contributed by atoms with van der Waals surface area (Å²) < 4.78 is 117. The maximum Gasteiger partial charge on any atom is 0.389 e. The van der Waals surface area contributed by atoms with Crippen molar-refractivity contribution in [2.45, 2.75) is 61.6 Å². The molecule has 23 nitrogen and oxygen atoms in total. The van der Waals surface area contributed by atoms with Gasteiger partial charge in [-0.25, -0.2) is 38.3 Å². The van der Waals surface area contributed by atoms with Crippen LogP contribution in [0.15, 0.2) is 60.6 Å². The molecule has 4 N–H and O–H groups in total. The summed E-state index contributed by atoms with van der Waals surface area (Å²) in [5.41, 5.74) is 23.0. The number of nitrogen functional groups attached to an aromatic ring is 2. The lowest BCUT2D eigenvalue weighted by Crippen LogP contribution is -2.37. The van der Waals surface area contributed by atoms with E-state index in [1.54, 1.807) is 18.2 Å². The SMILES string of the molecule is B[P@]1(=O)OC[C@H]2O[C@@H](n3cnc4c(N)ccnc43)[C@H](F)[C@@H]2O[P@](=O)(SCc2ccc(COCCOCCOCCN=[N+]=[N-])cc2)OC[C@H]2O[C@@H](n3cnc4c(N)ncnc43)[C@H](F)[C@@H]2O1. The summed E-state index contributed by atoms with van der Waals surface area (Å²) in [6.45, 7) is -3.38. The van der Waals surface area contributed by atoms with Crippen molar-refractivity contribution in [2.75, 3.05) is 64.3 Å². The van der Waals surface area contributed by atoms with Crippen LogP contribution in [-0.4, -0.2) is 131 Å². The fraction of sp³-hybridized carbons (Fsp3) is 0.514. The summed E-state index contributed by atoms with van der Waals surface area (Å²) in [4.78, 5) is 23.5. The van der Waals surface area contributed by atoms with Gasteiger partial charge in [0, 0.05) is 23.4 Å². The zero-order chi connectivity index (χ0) is 44.8. The number of hydrogen-bond acceptors (Lipinski definition) is 20. The predicted molar refractivity (Wildman–Crippen MR) is 228 cm³/mol. The van der Waals surface area contributed by atoms with Gasteiger partial charge in [-0.15, -0.1) is 0 Å². The van der Waals surface area contributed by atoms with E-state index in [4.69, 9.17) is 58.8 Å². The smallest absolute Gasteiger partial charge is 0.389 e. The Bertz CT molecular complexity index is 2550. The predicted octanol–water partition coefficient (Wildman–Crippen LogP) is 4.37. The molecule has 0 unspecified atom stereocenters. The number of pyridine rings is 1. The van der Waals surface area contributed by atoms with Crippen LogP contribution >= 0.6 is 25.7 Å². The zero-order valence-corrected chi connectivity index (χ0v) is 36.7. The highest BCUT2D eigenvalue weighted by atomic mass is 32.7. The molecule has 0 bridgehead atoms. The van der Waals surface area contributed by atoms with Crippen LogP contribution in [0.2, 0.25) is 0 Å². The molecule has 64 heavy (non-hydrogen) atoms. The largest absolute Gasteiger partial charge is 0.397 e. The molecule has 342 valence electrons. The molecule has 4 aromatic heterocycles. The van der Waals surface area contributed by atoms with Crippen molar-refractivity contribution >= 4 is 67.1 Å². The molecule has 10 atom stereocenters. The third-order valence-corrected chi connectivity index (χ3v) is 15.1. The molecule has 3 fully saturated rings. The third kappa shape index (κ3) is 10.5. The fourth-order valence-corrected chi connectivity index (χ4v) is 11.6. The van der Waals surface area contributed by atoms with E-state index in [0.29, 0.717) is 56.4 Å². The normalized spacial score (nSPS) is 29.8. The number of rotatable bonds is 16. The fourth-order valence-electron chi connectivity index (χ4n) is 7.09. The Labute approximate surface area is 367 Å². The summed E-state index contributed by atoms with van der Waals surface area (Å²) in [7, 11) is -3.03. The molecule has 3 saturated heterocycles. The number of ether oxygens (including phenoxy) is 5. The van der Waals surface area contributed by atoms with Gasteiger partial charge in [0.15, 0.2) is 41.9 Å². The Balaban J connectivity index is 0.984. The maximum absolute atomic E-state index is 16.8. The molecule has 0 aliphatic carbocycles. The second-order valence-electron chi connectivity index (χ2n) is 14.6. The second-order valence-corrected chi connectivity index (χ2v) is 20.6. The molecule has 7 heterocycles. The van der Waals surface area contributed by atoms with E-state index >= 15 is 8.78 Å². The lowest BCUT2D eigenvalue weighted by molar-refractivity contribution is -0.0546. The lowest BCUT2D eigenvalue weighted by Gasteiger charge is -2.30. The first kappa shape index (κ1) is 46.2. The monoisotopic (exact) mass is 950 g/mol. The Morgan fingerprint density at radius 2 is 1.42 bits per heavy atom. The van der Waals surface area contributed by atoms with Gasteiger partial charge in [-0.1, -0.05) is 29.4 Å². The number of alkyl halides is 2. The molecular formula is C35H43BF2N12O11P2S. The number of hydrogen-bond donors (Lipinski definition) is 2. The lowest BCUT2D eigenvalue weighted by atomic mass is 10.1. The van der Waals surface area contributed by atoms with E-state index in [2.05, 4.69) is 34.9 Å². The van der Waals surface area contributed by atoms with Crippen molar-refractivity contribution < 1.29 is 59.7 Å². The topological polar surface area (TPSA) is 292 Å². The highest BCUT2D eigenvalue weighted by molar-refractivity contribution is 8.54. The number of benzene rings is 1. The first-order valence-electron chi connectivity index (χ1n) is 19.8. The standard InChI is InChI=1S/C35H43BF2N12O11P2S/c36-62(51)56-14-23-30(26(38)35(58-23)49-18-45-27-22(39)5-6-42-32(27)49)61-63(52,64-16-21-3-1-20(2-4-21)13-55-12-11-54-10-9-53-8-7-47-48-41)57-15-24-29(60-62)25(37)34(59-24)50-19-46-28-31(40)43-17-44-33(28)50/h1-6,17-19,23-26,29-30,34-35H,7-16,36H2,(H2,39,42)(H2,40,43,44)/t23-,24-,25-,26-,29-,30-,34-,35-,62+,63-/m1/s1. The quantitative estimate of drug-likeness (QED) is 0.0347. The maximum atomic E-state index is 16.8. The minimum absolute atomic E-state index is 0.0526. The van der Waals surface area contributed by atoms with Crippen molar-refractivity contribution in [3.05, 3.63) is 77.1 Å². The van der Waals surface area contributed by atoms with Gasteiger partial charge in [-0.3, -0.25) is 22.7 Å². The van der Waals surface area contributed by atoms with E-state index < -0.39 is 76.7 Å².